The predicted octanol–water partition coefficient (Wildman–Crippen LogP) is 2.75. The van der Waals surface area contributed by atoms with Crippen LogP contribution in [0.4, 0.5) is 11.6 Å². The van der Waals surface area contributed by atoms with Gasteiger partial charge < -0.3 is 15.7 Å². The lowest BCUT2D eigenvalue weighted by molar-refractivity contribution is 0.126. The lowest BCUT2D eigenvalue weighted by Crippen LogP contribution is -2.29. The van der Waals surface area contributed by atoms with Gasteiger partial charge in [0.25, 0.3) is 0 Å². The zero-order chi connectivity index (χ0) is 14.5. The highest BCUT2D eigenvalue weighted by molar-refractivity contribution is 5.59. The van der Waals surface area contributed by atoms with Gasteiger partial charge in [-0.3, -0.25) is 0 Å². The third kappa shape index (κ3) is 3.60. The first-order valence-corrected chi connectivity index (χ1v) is 7.65. The van der Waals surface area contributed by atoms with Crippen molar-refractivity contribution in [3.8, 4) is 0 Å². The molecule has 1 aromatic heterocycles. The van der Waals surface area contributed by atoms with Gasteiger partial charge in [-0.25, -0.2) is 9.97 Å². The number of hydrogen-bond donors (Lipinski definition) is 3. The molecule has 112 valence electrons. The Labute approximate surface area is 121 Å². The van der Waals surface area contributed by atoms with E-state index in [9.17, 15) is 5.11 Å². The van der Waals surface area contributed by atoms with E-state index in [4.69, 9.17) is 0 Å². The summed E-state index contributed by atoms with van der Waals surface area (Å²) in [6.07, 6.45) is 5.24. The average Bonchev–Trinajstić information content (AvgIpc) is 2.41. The molecule has 3 N–H and O–H groups in total. The molecule has 2 rings (SSSR count). The first-order chi connectivity index (χ1) is 9.61. The minimum Gasteiger partial charge on any atom is -0.393 e. The lowest BCUT2D eigenvalue weighted by atomic mass is 9.93. The van der Waals surface area contributed by atoms with E-state index in [-0.39, 0.29) is 6.10 Å². The predicted molar refractivity (Wildman–Crippen MR) is 82.2 cm³/mol. The van der Waals surface area contributed by atoms with Crippen molar-refractivity contribution in [2.45, 2.75) is 64.5 Å². The van der Waals surface area contributed by atoms with Crippen LogP contribution >= 0.6 is 0 Å². The largest absolute Gasteiger partial charge is 0.393 e. The van der Waals surface area contributed by atoms with Crippen molar-refractivity contribution in [1.29, 1.82) is 0 Å². The van der Waals surface area contributed by atoms with Gasteiger partial charge in [-0.05, 0) is 38.5 Å². The first-order valence-electron chi connectivity index (χ1n) is 7.65. The molecule has 1 heterocycles. The van der Waals surface area contributed by atoms with E-state index in [1.165, 1.54) is 0 Å². The number of anilines is 2. The number of hydrogen-bond acceptors (Lipinski definition) is 5. The highest BCUT2D eigenvalue weighted by Gasteiger charge is 2.22. The summed E-state index contributed by atoms with van der Waals surface area (Å²) in [5, 5.41) is 16.4. The smallest absolute Gasteiger partial charge is 0.135 e. The van der Waals surface area contributed by atoms with E-state index in [0.717, 1.165) is 49.4 Å². The zero-order valence-corrected chi connectivity index (χ0v) is 12.7. The fourth-order valence-electron chi connectivity index (χ4n) is 2.78. The van der Waals surface area contributed by atoms with Crippen LogP contribution < -0.4 is 10.6 Å². The molecule has 5 nitrogen and oxygen atoms in total. The Morgan fingerprint density at radius 2 is 1.85 bits per heavy atom. The molecule has 1 aliphatic rings. The Hall–Kier alpha value is -1.36. The zero-order valence-electron chi connectivity index (χ0n) is 12.7. The van der Waals surface area contributed by atoms with Crippen LogP contribution in [0.3, 0.4) is 0 Å². The summed E-state index contributed by atoms with van der Waals surface area (Å²) in [5.74, 6) is 2.23. The van der Waals surface area contributed by atoms with Gasteiger partial charge in [0.05, 0.1) is 6.10 Å². The van der Waals surface area contributed by atoms with Crippen LogP contribution in [0.2, 0.25) is 0 Å². The van der Waals surface area contributed by atoms with Crippen molar-refractivity contribution in [3.05, 3.63) is 11.9 Å². The minimum absolute atomic E-state index is 0.125. The molecule has 0 radical (unpaired) electrons. The fraction of sp³-hybridized carbons (Fsp3) is 0.733. The second kappa shape index (κ2) is 6.88. The van der Waals surface area contributed by atoms with E-state index < -0.39 is 0 Å². The Kier molecular flexibility index (Phi) is 5.17. The van der Waals surface area contributed by atoms with Crippen molar-refractivity contribution in [3.63, 3.8) is 0 Å². The number of aromatic nitrogens is 2. The van der Waals surface area contributed by atoms with Crippen LogP contribution in [0.15, 0.2) is 6.33 Å². The van der Waals surface area contributed by atoms with Gasteiger partial charge in [0, 0.05) is 18.2 Å². The summed E-state index contributed by atoms with van der Waals surface area (Å²) in [6, 6.07) is 0.403. The number of nitrogens with zero attached hydrogens (tertiary/aromatic N) is 2. The second-order valence-electron chi connectivity index (χ2n) is 5.82. The molecule has 0 aliphatic heterocycles. The van der Waals surface area contributed by atoms with Crippen molar-refractivity contribution in [2.24, 2.45) is 0 Å². The molecule has 1 aliphatic carbocycles. The number of rotatable bonds is 5. The monoisotopic (exact) mass is 278 g/mol. The molecule has 1 saturated carbocycles. The summed E-state index contributed by atoms with van der Waals surface area (Å²) in [5.41, 5.74) is 1.15. The van der Waals surface area contributed by atoms with E-state index in [0.29, 0.717) is 12.0 Å². The number of aliphatic hydroxyl groups excluding tert-OH is 1. The van der Waals surface area contributed by atoms with Crippen LogP contribution in [-0.4, -0.2) is 33.8 Å². The molecule has 0 unspecified atom stereocenters. The third-order valence-corrected chi connectivity index (χ3v) is 3.84. The van der Waals surface area contributed by atoms with Crippen molar-refractivity contribution >= 4 is 11.6 Å². The SMILES string of the molecule is CCNc1ncnc(NC2CCC(O)CC2)c1C(C)C. The van der Waals surface area contributed by atoms with Crippen molar-refractivity contribution in [2.75, 3.05) is 17.2 Å². The molecule has 1 fully saturated rings. The van der Waals surface area contributed by atoms with E-state index in [1.807, 2.05) is 0 Å². The van der Waals surface area contributed by atoms with Gasteiger partial charge in [-0.2, -0.15) is 0 Å². The van der Waals surface area contributed by atoms with Crippen LogP contribution in [0.5, 0.6) is 0 Å². The lowest BCUT2D eigenvalue weighted by Gasteiger charge is -2.28. The normalized spacial score (nSPS) is 22.9. The van der Waals surface area contributed by atoms with Gasteiger partial charge in [-0.15, -0.1) is 0 Å². The van der Waals surface area contributed by atoms with Gasteiger partial charge in [0.15, 0.2) is 0 Å². The van der Waals surface area contributed by atoms with E-state index >= 15 is 0 Å². The van der Waals surface area contributed by atoms with Gasteiger partial charge in [0.1, 0.15) is 18.0 Å². The molecule has 0 spiro atoms. The Morgan fingerprint density at radius 1 is 1.20 bits per heavy atom. The van der Waals surface area contributed by atoms with Crippen molar-refractivity contribution < 1.29 is 5.11 Å². The Balaban J connectivity index is 2.16. The molecule has 0 aromatic carbocycles. The molecule has 0 saturated heterocycles. The number of aliphatic hydroxyl groups is 1. The minimum atomic E-state index is -0.125. The summed E-state index contributed by atoms with van der Waals surface area (Å²) in [6.45, 7) is 7.25. The average molecular weight is 278 g/mol. The van der Waals surface area contributed by atoms with Crippen molar-refractivity contribution in [1.82, 2.24) is 9.97 Å². The summed E-state index contributed by atoms with van der Waals surface area (Å²) >= 11 is 0. The summed E-state index contributed by atoms with van der Waals surface area (Å²) < 4.78 is 0. The third-order valence-electron chi connectivity index (χ3n) is 3.84. The summed E-state index contributed by atoms with van der Waals surface area (Å²) in [7, 11) is 0. The molecular formula is C15H26N4O. The molecule has 0 amide bonds. The molecule has 20 heavy (non-hydrogen) atoms. The Morgan fingerprint density at radius 3 is 2.45 bits per heavy atom. The summed E-state index contributed by atoms with van der Waals surface area (Å²) in [4.78, 5) is 8.78. The van der Waals surface area contributed by atoms with Crippen LogP contribution in [-0.2, 0) is 0 Å². The molecule has 1 aromatic rings. The fourth-order valence-corrected chi connectivity index (χ4v) is 2.78. The topological polar surface area (TPSA) is 70.1 Å². The molecule has 0 atom stereocenters. The first kappa shape index (κ1) is 15.0. The van der Waals surface area contributed by atoms with Gasteiger partial charge >= 0.3 is 0 Å². The van der Waals surface area contributed by atoms with E-state index in [1.54, 1.807) is 6.33 Å². The second-order valence-corrected chi connectivity index (χ2v) is 5.82. The molecule has 0 bridgehead atoms. The maximum atomic E-state index is 9.59. The van der Waals surface area contributed by atoms with E-state index in [2.05, 4.69) is 41.4 Å². The highest BCUT2D eigenvalue weighted by Crippen LogP contribution is 2.30. The van der Waals surface area contributed by atoms with Gasteiger partial charge in [0.2, 0.25) is 0 Å². The Bertz CT molecular complexity index is 428. The maximum Gasteiger partial charge on any atom is 0.135 e. The van der Waals surface area contributed by atoms with Crippen LogP contribution in [0.1, 0.15) is 57.9 Å². The van der Waals surface area contributed by atoms with Crippen LogP contribution in [0, 0.1) is 0 Å². The van der Waals surface area contributed by atoms with Crippen LogP contribution in [0.25, 0.3) is 0 Å². The number of nitrogens with one attached hydrogen (secondary N) is 2. The highest BCUT2D eigenvalue weighted by atomic mass is 16.3. The van der Waals surface area contributed by atoms with Gasteiger partial charge in [-0.1, -0.05) is 13.8 Å². The quantitative estimate of drug-likeness (QED) is 0.772. The standard InChI is InChI=1S/C15H26N4O/c1-4-16-14-13(10(2)3)15(18-9-17-14)19-11-5-7-12(20)8-6-11/h9-12,20H,4-8H2,1-3H3,(H2,16,17,18,19). The molecule has 5 heteroatoms. The maximum absolute atomic E-state index is 9.59. The molecular weight excluding hydrogens is 252 g/mol.